The minimum absolute atomic E-state index is 0. The molecule has 0 radical (unpaired) electrons. The predicted octanol–water partition coefficient (Wildman–Crippen LogP) is -3.64. The fraction of sp³-hybridized carbons (Fsp3) is 0.111. The fourth-order valence-electron chi connectivity index (χ4n) is 2.76. The molecule has 0 saturated carbocycles. The summed E-state index contributed by atoms with van der Waals surface area (Å²) in [6.07, 6.45) is 0. The molecule has 0 saturated heterocycles. The van der Waals surface area contributed by atoms with Crippen LogP contribution in [0.2, 0.25) is 0 Å². The van der Waals surface area contributed by atoms with Gasteiger partial charge >= 0.3 is 59.1 Å². The number of aromatic hydroxyl groups is 1. The molecule has 18 heteroatoms. The van der Waals surface area contributed by atoms with Crippen molar-refractivity contribution in [1.29, 1.82) is 0 Å². The third kappa shape index (κ3) is 9.35. The van der Waals surface area contributed by atoms with Crippen LogP contribution in [0.25, 0.3) is 10.8 Å². The standard InChI is InChI=1S/C18H17N3O10S3.2Na/c19-16-6-5-14-15(9-12(10-17(14)22)32-30-28-23)18(16)21-20-11-1-3-13(4-2-11)34(25,26)8-7-27-33-31-29-24;;/h1-6,9-10,22-24H,7-8,19H2;;/q;2*+1/p-2. The van der Waals surface area contributed by atoms with Crippen LogP contribution in [0.1, 0.15) is 0 Å². The number of hydrogen-bond acceptors (Lipinski definition) is 15. The van der Waals surface area contributed by atoms with Crippen LogP contribution in [0.15, 0.2) is 68.6 Å². The molecule has 0 unspecified atom stereocenters. The molecule has 3 rings (SSSR count). The molecule has 0 aliphatic rings. The molecule has 3 N–H and O–H groups in total. The predicted molar refractivity (Wildman–Crippen MR) is 116 cm³/mol. The van der Waals surface area contributed by atoms with E-state index in [1.165, 1.54) is 30.3 Å². The van der Waals surface area contributed by atoms with Gasteiger partial charge in [-0.25, -0.2) is 8.42 Å². The molecule has 0 bridgehead atoms. The average Bonchev–Trinajstić information content (AvgIpc) is 2.82. The van der Waals surface area contributed by atoms with E-state index in [0.717, 1.165) is 0 Å². The summed E-state index contributed by atoms with van der Waals surface area (Å²) in [4.78, 5) is 0.379. The zero-order valence-corrected chi connectivity index (χ0v) is 25.3. The Balaban J connectivity index is 0.00000324. The summed E-state index contributed by atoms with van der Waals surface area (Å²) in [6.45, 7) is -0.239. The third-order valence-electron chi connectivity index (χ3n) is 4.25. The number of azo groups is 1. The number of anilines is 1. The van der Waals surface area contributed by atoms with Crippen molar-refractivity contribution in [1.82, 2.24) is 0 Å². The van der Waals surface area contributed by atoms with Crippen molar-refractivity contribution >= 4 is 62.0 Å². The first kappa shape index (κ1) is 33.5. The number of phenolic OH excluding ortho intramolecular Hbond substituents is 1. The van der Waals surface area contributed by atoms with Gasteiger partial charge in [0.1, 0.15) is 11.4 Å². The zero-order valence-electron chi connectivity index (χ0n) is 18.9. The van der Waals surface area contributed by atoms with E-state index in [9.17, 15) is 24.0 Å². The second-order valence-corrected chi connectivity index (χ2v) is 9.69. The molecular weight excluding hydrogens is 560 g/mol. The van der Waals surface area contributed by atoms with Gasteiger partial charge in [0, 0.05) is 15.7 Å². The molecule has 0 aliphatic heterocycles. The van der Waals surface area contributed by atoms with Crippen LogP contribution >= 0.6 is 24.4 Å². The molecular formula is C18H15N3Na2O10S3. The minimum Gasteiger partial charge on any atom is -0.691 e. The number of fused-ring (bicyclic) bond motifs is 1. The summed E-state index contributed by atoms with van der Waals surface area (Å²) in [5.41, 5.74) is 6.88. The van der Waals surface area contributed by atoms with Crippen molar-refractivity contribution in [3.05, 3.63) is 48.5 Å². The Labute approximate surface area is 258 Å². The van der Waals surface area contributed by atoms with Gasteiger partial charge in [-0.1, -0.05) is 0 Å². The van der Waals surface area contributed by atoms with E-state index in [0.29, 0.717) is 33.4 Å². The molecule has 0 atom stereocenters. The van der Waals surface area contributed by atoms with Crippen molar-refractivity contribution in [2.24, 2.45) is 10.2 Å². The average molecular weight is 576 g/mol. The Hall–Kier alpha value is -0.510. The van der Waals surface area contributed by atoms with Crippen LogP contribution in [-0.4, -0.2) is 25.9 Å². The number of sulfone groups is 1. The summed E-state index contributed by atoms with van der Waals surface area (Å²) in [6, 6.07) is 11.7. The van der Waals surface area contributed by atoms with Gasteiger partial charge in [0.05, 0.1) is 40.7 Å². The Kier molecular flexibility index (Phi) is 15.3. The van der Waals surface area contributed by atoms with Crippen molar-refractivity contribution < 1.29 is 106 Å². The van der Waals surface area contributed by atoms with Gasteiger partial charge in [-0.15, -0.1) is 9.45 Å². The van der Waals surface area contributed by atoms with Gasteiger partial charge in [0.25, 0.3) is 0 Å². The van der Waals surface area contributed by atoms with Crippen LogP contribution in [0.5, 0.6) is 5.75 Å². The molecule has 3 aromatic rings. The zero-order chi connectivity index (χ0) is 24.6. The SMILES string of the molecule is Nc1ccc2c(O)cc(SOO[O-])cc2c1N=Nc1ccc(S(=O)(=O)CCOSOO[O-])cc1.[Na+].[Na+]. The summed E-state index contributed by atoms with van der Waals surface area (Å²) >= 11 is 0.812. The van der Waals surface area contributed by atoms with E-state index >= 15 is 0 Å². The van der Waals surface area contributed by atoms with E-state index in [-0.39, 0.29) is 106 Å². The van der Waals surface area contributed by atoms with Gasteiger partial charge in [-0.05, 0) is 48.5 Å². The molecule has 0 amide bonds. The van der Waals surface area contributed by atoms with E-state index in [2.05, 4.69) is 29.0 Å². The first-order valence-electron chi connectivity index (χ1n) is 9.03. The van der Waals surface area contributed by atoms with Crippen molar-refractivity contribution in [3.63, 3.8) is 0 Å². The monoisotopic (exact) mass is 575 g/mol. The van der Waals surface area contributed by atoms with Crippen molar-refractivity contribution in [2.45, 2.75) is 9.79 Å². The first-order valence-corrected chi connectivity index (χ1v) is 12.1. The van der Waals surface area contributed by atoms with E-state index in [1.807, 2.05) is 0 Å². The number of phenols is 1. The maximum atomic E-state index is 12.3. The molecule has 0 spiro atoms. The minimum atomic E-state index is -3.66. The smallest absolute Gasteiger partial charge is 0.691 e. The Bertz CT molecular complexity index is 1270. The van der Waals surface area contributed by atoms with Gasteiger partial charge in [0.15, 0.2) is 22.2 Å². The Morgan fingerprint density at radius 1 is 0.944 bits per heavy atom. The third-order valence-corrected chi connectivity index (χ3v) is 6.87. The molecule has 0 aliphatic carbocycles. The van der Waals surface area contributed by atoms with E-state index in [1.54, 1.807) is 18.2 Å². The van der Waals surface area contributed by atoms with Crippen LogP contribution in [0, 0.1) is 0 Å². The second kappa shape index (κ2) is 16.5. The molecule has 182 valence electrons. The normalized spacial score (nSPS) is 11.4. The van der Waals surface area contributed by atoms with Gasteiger partial charge in [-0.2, -0.15) is 9.45 Å². The van der Waals surface area contributed by atoms with Gasteiger partial charge in [0.2, 0.25) is 0 Å². The number of benzene rings is 3. The second-order valence-electron chi connectivity index (χ2n) is 6.30. The molecule has 0 fully saturated rings. The van der Waals surface area contributed by atoms with Crippen LogP contribution in [0.4, 0.5) is 17.1 Å². The molecule has 36 heavy (non-hydrogen) atoms. The summed E-state index contributed by atoms with van der Waals surface area (Å²) in [5, 5.41) is 45.5. The van der Waals surface area contributed by atoms with Gasteiger partial charge < -0.3 is 21.4 Å². The number of rotatable bonds is 12. The fourth-order valence-corrected chi connectivity index (χ4v) is 4.60. The molecule has 13 nitrogen and oxygen atoms in total. The number of nitrogen functional groups attached to an aromatic ring is 1. The number of nitrogens with zero attached hydrogens (tertiary/aromatic N) is 2. The first-order chi connectivity index (χ1) is 16.4. The van der Waals surface area contributed by atoms with Crippen LogP contribution in [0.3, 0.4) is 0 Å². The van der Waals surface area contributed by atoms with Gasteiger partial charge in [-0.3, -0.25) is 14.3 Å². The largest absolute Gasteiger partial charge is 1.00 e. The molecule has 0 heterocycles. The Morgan fingerprint density at radius 3 is 2.31 bits per heavy atom. The van der Waals surface area contributed by atoms with E-state index < -0.39 is 9.84 Å². The Morgan fingerprint density at radius 2 is 1.64 bits per heavy atom. The topological polar surface area (TPSA) is 197 Å². The maximum absolute atomic E-state index is 12.3. The summed E-state index contributed by atoms with van der Waals surface area (Å²) in [7, 11) is -3.66. The van der Waals surface area contributed by atoms with Crippen LogP contribution in [-0.2, 0) is 32.8 Å². The summed E-state index contributed by atoms with van der Waals surface area (Å²) in [5.74, 6) is -0.462. The molecule has 0 aromatic heterocycles. The summed E-state index contributed by atoms with van der Waals surface area (Å²) < 4.78 is 37.5. The quantitative estimate of drug-likeness (QED) is 0.0408. The van der Waals surface area contributed by atoms with E-state index in [4.69, 9.17) is 9.92 Å². The van der Waals surface area contributed by atoms with Crippen molar-refractivity contribution in [3.8, 4) is 5.75 Å². The van der Waals surface area contributed by atoms with Crippen LogP contribution < -0.4 is 75.4 Å². The molecule has 3 aromatic carbocycles. The number of hydrogen-bond donors (Lipinski definition) is 2. The van der Waals surface area contributed by atoms with Crippen molar-refractivity contribution in [2.75, 3.05) is 18.1 Å². The number of nitrogens with two attached hydrogens (primary N) is 1. The maximum Gasteiger partial charge on any atom is 1.00 e.